The lowest BCUT2D eigenvalue weighted by molar-refractivity contribution is 0.0140. The molecule has 128 valence electrons. The Morgan fingerprint density at radius 3 is 2.92 bits per heavy atom. The number of nitrogens with one attached hydrogen (secondary N) is 1. The second-order valence-corrected chi connectivity index (χ2v) is 7.15. The molecule has 1 fully saturated rings. The van der Waals surface area contributed by atoms with Crippen LogP contribution in [-0.2, 0) is 4.74 Å². The monoisotopic (exact) mass is 368 g/mol. The van der Waals surface area contributed by atoms with Crippen molar-refractivity contribution in [1.82, 2.24) is 10.3 Å². The van der Waals surface area contributed by atoms with Crippen molar-refractivity contribution in [2.75, 3.05) is 19.8 Å². The molecule has 0 radical (unpaired) electrons. The van der Waals surface area contributed by atoms with Crippen LogP contribution in [-0.4, -0.2) is 42.0 Å². The lowest BCUT2D eigenvalue weighted by Gasteiger charge is -2.31. The van der Waals surface area contributed by atoms with E-state index >= 15 is 0 Å². The van der Waals surface area contributed by atoms with Gasteiger partial charge in [-0.05, 0) is 30.7 Å². The second kappa shape index (κ2) is 7.83. The maximum atomic E-state index is 10.9. The van der Waals surface area contributed by atoms with Crippen molar-refractivity contribution in [2.45, 2.75) is 12.5 Å². The van der Waals surface area contributed by atoms with Gasteiger partial charge in [-0.1, -0.05) is 11.6 Å². The predicted molar refractivity (Wildman–Crippen MR) is 91.9 cm³/mol. The molecule has 2 aromatic rings. The highest BCUT2D eigenvalue weighted by atomic mass is 35.5. The number of ether oxygens (including phenoxy) is 2. The van der Waals surface area contributed by atoms with Crippen molar-refractivity contribution in [3.05, 3.63) is 34.8 Å². The molecule has 0 spiro atoms. The molecule has 1 aromatic carbocycles. The second-order valence-electron chi connectivity index (χ2n) is 5.48. The van der Waals surface area contributed by atoms with Gasteiger partial charge in [-0.25, -0.2) is 9.78 Å². The van der Waals surface area contributed by atoms with Gasteiger partial charge in [0.15, 0.2) is 0 Å². The Morgan fingerprint density at radius 2 is 2.25 bits per heavy atom. The van der Waals surface area contributed by atoms with Crippen LogP contribution in [0.4, 0.5) is 4.79 Å². The standard InChI is InChI=1S/C16H17ClN2O4S/c17-14-7-18-15(24-14)10-1-3-12(4-2-10)23-9-11-8-22-6-5-13(11)19-16(20)21/h1-4,7,11,13,19H,5-6,8-9H2,(H,20,21)/t11-,13+/m1/s1. The molecule has 0 unspecified atom stereocenters. The van der Waals surface area contributed by atoms with Crippen molar-refractivity contribution in [3.63, 3.8) is 0 Å². The smallest absolute Gasteiger partial charge is 0.404 e. The molecular weight excluding hydrogens is 352 g/mol. The summed E-state index contributed by atoms with van der Waals surface area (Å²) in [5.74, 6) is 0.716. The van der Waals surface area contributed by atoms with E-state index in [2.05, 4.69) is 10.3 Å². The number of hydrogen-bond donors (Lipinski definition) is 2. The molecule has 0 aliphatic carbocycles. The lowest BCUT2D eigenvalue weighted by Crippen LogP contribution is -2.47. The summed E-state index contributed by atoms with van der Waals surface area (Å²) in [5.41, 5.74) is 0.977. The van der Waals surface area contributed by atoms with E-state index in [9.17, 15) is 4.79 Å². The summed E-state index contributed by atoms with van der Waals surface area (Å²) < 4.78 is 11.9. The highest BCUT2D eigenvalue weighted by Gasteiger charge is 2.27. The molecule has 1 amide bonds. The number of thiazole rings is 1. The minimum Gasteiger partial charge on any atom is -0.493 e. The van der Waals surface area contributed by atoms with E-state index in [1.54, 1.807) is 6.20 Å². The first-order chi connectivity index (χ1) is 11.6. The molecule has 1 aliphatic heterocycles. The number of hydrogen-bond acceptors (Lipinski definition) is 5. The van der Waals surface area contributed by atoms with Crippen LogP contribution in [0.3, 0.4) is 0 Å². The molecule has 1 saturated heterocycles. The summed E-state index contributed by atoms with van der Waals surface area (Å²) in [7, 11) is 0. The first-order valence-electron chi connectivity index (χ1n) is 7.53. The number of carbonyl (C=O) groups is 1. The van der Waals surface area contributed by atoms with Gasteiger partial charge in [0, 0.05) is 24.1 Å². The molecule has 2 heterocycles. The summed E-state index contributed by atoms with van der Waals surface area (Å²) in [6, 6.07) is 7.44. The summed E-state index contributed by atoms with van der Waals surface area (Å²) in [5, 5.41) is 12.3. The third-order valence-corrected chi connectivity index (χ3v) is 4.99. The fraction of sp³-hybridized carbons (Fsp3) is 0.375. The quantitative estimate of drug-likeness (QED) is 0.844. The van der Waals surface area contributed by atoms with Gasteiger partial charge in [0.05, 0.1) is 19.4 Å². The number of benzene rings is 1. The van der Waals surface area contributed by atoms with Crippen LogP contribution in [0.1, 0.15) is 6.42 Å². The Bertz CT molecular complexity index is 692. The Hall–Kier alpha value is -1.83. The lowest BCUT2D eigenvalue weighted by atomic mass is 9.97. The molecular formula is C16H17ClN2O4S. The Balaban J connectivity index is 1.58. The zero-order chi connectivity index (χ0) is 16.9. The molecule has 6 nitrogen and oxygen atoms in total. The molecule has 1 aromatic heterocycles. The minimum atomic E-state index is -1.02. The van der Waals surface area contributed by atoms with E-state index < -0.39 is 6.09 Å². The molecule has 0 saturated carbocycles. The Morgan fingerprint density at radius 1 is 1.46 bits per heavy atom. The fourth-order valence-electron chi connectivity index (χ4n) is 2.59. The van der Waals surface area contributed by atoms with Gasteiger partial charge in [0.25, 0.3) is 0 Å². The largest absolute Gasteiger partial charge is 0.493 e. The molecule has 2 N–H and O–H groups in total. The summed E-state index contributed by atoms with van der Waals surface area (Å²) in [6.07, 6.45) is 1.27. The van der Waals surface area contributed by atoms with Crippen LogP contribution in [0.15, 0.2) is 30.5 Å². The first kappa shape index (κ1) is 17.0. The Kier molecular flexibility index (Phi) is 5.55. The predicted octanol–water partition coefficient (Wildman–Crippen LogP) is 3.52. The van der Waals surface area contributed by atoms with E-state index in [0.717, 1.165) is 16.3 Å². The summed E-state index contributed by atoms with van der Waals surface area (Å²) in [6.45, 7) is 1.44. The van der Waals surface area contributed by atoms with Crippen LogP contribution in [0.5, 0.6) is 5.75 Å². The first-order valence-corrected chi connectivity index (χ1v) is 8.73. The van der Waals surface area contributed by atoms with Crippen molar-refractivity contribution in [2.24, 2.45) is 5.92 Å². The van der Waals surface area contributed by atoms with E-state index in [1.165, 1.54) is 11.3 Å². The van der Waals surface area contributed by atoms with Gasteiger partial charge >= 0.3 is 6.09 Å². The van der Waals surface area contributed by atoms with Gasteiger partial charge in [0.2, 0.25) is 0 Å². The maximum absolute atomic E-state index is 10.9. The van der Waals surface area contributed by atoms with Crippen LogP contribution < -0.4 is 10.1 Å². The number of carboxylic acid groups (broad SMARTS) is 1. The SMILES string of the molecule is O=C(O)N[C@H]1CCOC[C@@H]1COc1ccc(-c2ncc(Cl)s2)cc1. The average Bonchev–Trinajstić information content (AvgIpc) is 3.00. The highest BCUT2D eigenvalue weighted by molar-refractivity contribution is 7.18. The third-order valence-electron chi connectivity index (χ3n) is 3.83. The molecule has 8 heteroatoms. The molecule has 0 bridgehead atoms. The molecule has 24 heavy (non-hydrogen) atoms. The maximum Gasteiger partial charge on any atom is 0.404 e. The van der Waals surface area contributed by atoms with Crippen molar-refractivity contribution >= 4 is 29.0 Å². The molecule has 2 atom stereocenters. The van der Waals surface area contributed by atoms with E-state index in [1.807, 2.05) is 24.3 Å². The molecule has 3 rings (SSSR count). The van der Waals surface area contributed by atoms with Crippen LogP contribution in [0.2, 0.25) is 4.34 Å². The van der Waals surface area contributed by atoms with Gasteiger partial charge < -0.3 is 19.9 Å². The number of nitrogens with zero attached hydrogens (tertiary/aromatic N) is 1. The minimum absolute atomic E-state index is 0.00713. The number of rotatable bonds is 5. The zero-order valence-corrected chi connectivity index (χ0v) is 14.3. The molecule has 1 aliphatic rings. The van der Waals surface area contributed by atoms with Crippen LogP contribution in [0, 0.1) is 5.92 Å². The normalized spacial score (nSPS) is 20.5. The zero-order valence-electron chi connectivity index (χ0n) is 12.8. The number of amides is 1. The van der Waals surface area contributed by atoms with Gasteiger partial charge in [0.1, 0.15) is 15.1 Å². The van der Waals surface area contributed by atoms with Crippen LogP contribution in [0.25, 0.3) is 10.6 Å². The van der Waals surface area contributed by atoms with E-state index in [-0.39, 0.29) is 12.0 Å². The topological polar surface area (TPSA) is 80.7 Å². The van der Waals surface area contributed by atoms with Gasteiger partial charge in [-0.3, -0.25) is 0 Å². The highest BCUT2D eigenvalue weighted by Crippen LogP contribution is 2.29. The third kappa shape index (κ3) is 4.37. The van der Waals surface area contributed by atoms with Gasteiger partial charge in [-0.15, -0.1) is 11.3 Å². The van der Waals surface area contributed by atoms with Crippen LogP contribution >= 0.6 is 22.9 Å². The Labute approximate surface area is 148 Å². The summed E-state index contributed by atoms with van der Waals surface area (Å²) in [4.78, 5) is 15.1. The van der Waals surface area contributed by atoms with E-state index in [0.29, 0.717) is 30.6 Å². The van der Waals surface area contributed by atoms with Crippen molar-refractivity contribution in [3.8, 4) is 16.3 Å². The van der Waals surface area contributed by atoms with E-state index in [4.69, 9.17) is 26.2 Å². The van der Waals surface area contributed by atoms with Crippen molar-refractivity contribution in [1.29, 1.82) is 0 Å². The fourth-order valence-corrected chi connectivity index (χ4v) is 3.51. The van der Waals surface area contributed by atoms with Crippen molar-refractivity contribution < 1.29 is 19.4 Å². The number of halogens is 1. The summed E-state index contributed by atoms with van der Waals surface area (Å²) >= 11 is 7.32. The van der Waals surface area contributed by atoms with Gasteiger partial charge in [-0.2, -0.15) is 0 Å². The average molecular weight is 369 g/mol. The number of aromatic nitrogens is 1.